The van der Waals surface area contributed by atoms with E-state index in [-0.39, 0.29) is 4.90 Å². The Morgan fingerprint density at radius 2 is 1.28 bits per heavy atom. The van der Waals surface area contributed by atoms with Crippen LogP contribution in [0.1, 0.15) is 24.8 Å². The fourth-order valence-electron chi connectivity index (χ4n) is 1.73. The lowest BCUT2D eigenvalue weighted by Gasteiger charge is -2.33. The average Bonchev–Trinajstić information content (AvgIpc) is 2.53. The molecule has 0 aliphatic rings. The Morgan fingerprint density at radius 1 is 0.828 bits per heavy atom. The van der Waals surface area contributed by atoms with E-state index < -0.39 is 59.9 Å². The van der Waals surface area contributed by atoms with Crippen LogP contribution in [-0.2, 0) is 10.1 Å². The van der Waals surface area contributed by atoms with Crippen LogP contribution in [0.15, 0.2) is 29.2 Å². The van der Waals surface area contributed by atoms with Crippen molar-refractivity contribution in [2.75, 3.05) is 6.61 Å². The quantitative estimate of drug-likeness (QED) is 0.344. The molecule has 170 valence electrons. The van der Waals surface area contributed by atoms with E-state index in [1.807, 2.05) is 6.92 Å². The zero-order valence-electron chi connectivity index (χ0n) is 14.7. The Morgan fingerprint density at radius 3 is 1.62 bits per heavy atom. The number of hydrogen-bond acceptors (Lipinski definition) is 3. The molecule has 1 rings (SSSR count). The van der Waals surface area contributed by atoms with Crippen molar-refractivity contribution in [3.05, 3.63) is 29.8 Å². The molecule has 2 N–H and O–H groups in total. The standard InChI is InChI=1S/C8H9F9O.C7H8O3S/c9-5(10,3-1-2-4-18)6(11,12)7(13,14)8(15,16)17;1-6-2-4-7(5-3-6)11(8,9)10/h18H,1-4H2;2-5H,1H3,(H,8,9,10). The van der Waals surface area contributed by atoms with Gasteiger partial charge in [-0.15, -0.1) is 0 Å². The minimum atomic E-state index is -6.83. The van der Waals surface area contributed by atoms with Gasteiger partial charge in [0.2, 0.25) is 0 Å². The molecule has 0 fully saturated rings. The Balaban J connectivity index is 0.000000604. The van der Waals surface area contributed by atoms with Gasteiger partial charge in [-0.2, -0.15) is 47.9 Å². The maximum absolute atomic E-state index is 12.7. The number of benzene rings is 1. The molecule has 0 aliphatic carbocycles. The zero-order chi connectivity index (χ0) is 23.3. The summed E-state index contributed by atoms with van der Waals surface area (Å²) < 4.78 is 140. The maximum Gasteiger partial charge on any atom is 0.460 e. The van der Waals surface area contributed by atoms with Crippen LogP contribution in [0.3, 0.4) is 0 Å². The van der Waals surface area contributed by atoms with E-state index in [1.54, 1.807) is 12.1 Å². The Bertz CT molecular complexity index is 744. The number of aliphatic hydroxyl groups is 1. The van der Waals surface area contributed by atoms with Gasteiger partial charge in [0, 0.05) is 13.0 Å². The van der Waals surface area contributed by atoms with E-state index in [4.69, 9.17) is 9.66 Å². The van der Waals surface area contributed by atoms with Gasteiger partial charge in [-0.25, -0.2) is 0 Å². The molecule has 0 unspecified atom stereocenters. The van der Waals surface area contributed by atoms with Crippen LogP contribution in [0, 0.1) is 6.92 Å². The molecular formula is C15H17F9O4S. The van der Waals surface area contributed by atoms with Crippen LogP contribution in [0.5, 0.6) is 0 Å². The monoisotopic (exact) mass is 464 g/mol. The van der Waals surface area contributed by atoms with Crippen molar-refractivity contribution >= 4 is 10.1 Å². The van der Waals surface area contributed by atoms with Gasteiger partial charge in [-0.3, -0.25) is 4.55 Å². The first-order chi connectivity index (χ1) is 12.8. The Hall–Kier alpha value is -1.54. The first kappa shape index (κ1) is 27.5. The minimum Gasteiger partial charge on any atom is -0.396 e. The highest BCUT2D eigenvalue weighted by Gasteiger charge is 2.81. The van der Waals surface area contributed by atoms with Crippen molar-refractivity contribution in [2.45, 2.75) is 55.0 Å². The summed E-state index contributed by atoms with van der Waals surface area (Å²) >= 11 is 0. The van der Waals surface area contributed by atoms with Gasteiger partial charge in [0.05, 0.1) is 4.90 Å². The minimum absolute atomic E-state index is 0.0666. The smallest absolute Gasteiger partial charge is 0.396 e. The number of rotatable bonds is 7. The molecule has 4 nitrogen and oxygen atoms in total. The fourth-order valence-corrected chi connectivity index (χ4v) is 2.21. The zero-order valence-corrected chi connectivity index (χ0v) is 15.5. The third-order valence-electron chi connectivity index (χ3n) is 3.43. The van der Waals surface area contributed by atoms with Crippen LogP contribution < -0.4 is 0 Å². The molecule has 0 heterocycles. The topological polar surface area (TPSA) is 74.6 Å². The molecule has 0 aliphatic heterocycles. The van der Waals surface area contributed by atoms with Crippen molar-refractivity contribution in [3.63, 3.8) is 0 Å². The highest BCUT2D eigenvalue weighted by atomic mass is 32.2. The molecule has 0 saturated carbocycles. The molecular weight excluding hydrogens is 447 g/mol. The summed E-state index contributed by atoms with van der Waals surface area (Å²) in [6.07, 6.45) is -9.89. The first-order valence-corrected chi connectivity index (χ1v) is 9.10. The van der Waals surface area contributed by atoms with E-state index in [0.717, 1.165) is 5.56 Å². The molecule has 29 heavy (non-hydrogen) atoms. The molecule has 0 amide bonds. The van der Waals surface area contributed by atoms with Gasteiger partial charge in [-0.1, -0.05) is 17.7 Å². The molecule has 14 heteroatoms. The van der Waals surface area contributed by atoms with Gasteiger partial charge in [0.25, 0.3) is 10.1 Å². The summed E-state index contributed by atoms with van der Waals surface area (Å²) in [4.78, 5) is -0.0666. The Labute approximate surface area is 160 Å². The predicted octanol–water partition coefficient (Wildman–Crippen LogP) is 4.86. The summed E-state index contributed by atoms with van der Waals surface area (Å²) in [5.74, 6) is -18.9. The molecule has 0 atom stereocenters. The first-order valence-electron chi connectivity index (χ1n) is 7.66. The molecule has 0 spiro atoms. The third-order valence-corrected chi connectivity index (χ3v) is 4.30. The van der Waals surface area contributed by atoms with Gasteiger partial charge in [0.1, 0.15) is 0 Å². The second kappa shape index (κ2) is 9.51. The number of aryl methyl sites for hydroxylation is 1. The summed E-state index contributed by atoms with van der Waals surface area (Å²) in [5.41, 5.74) is 0.956. The van der Waals surface area contributed by atoms with Crippen molar-refractivity contribution in [3.8, 4) is 0 Å². The number of halogens is 9. The summed E-state index contributed by atoms with van der Waals surface area (Å²) in [5, 5.41) is 8.19. The predicted molar refractivity (Wildman–Crippen MR) is 82.8 cm³/mol. The lowest BCUT2D eigenvalue weighted by atomic mass is 9.99. The van der Waals surface area contributed by atoms with Crippen molar-refractivity contribution in [1.82, 2.24) is 0 Å². The van der Waals surface area contributed by atoms with E-state index >= 15 is 0 Å². The number of alkyl halides is 9. The Kier molecular flexibility index (Phi) is 9.01. The van der Waals surface area contributed by atoms with Crippen LogP contribution in [0.2, 0.25) is 0 Å². The van der Waals surface area contributed by atoms with Gasteiger partial charge >= 0.3 is 23.9 Å². The lowest BCUT2D eigenvalue weighted by Crippen LogP contribution is -2.60. The van der Waals surface area contributed by atoms with E-state index in [0.29, 0.717) is 0 Å². The molecule has 1 aromatic rings. The van der Waals surface area contributed by atoms with E-state index in [2.05, 4.69) is 0 Å². The largest absolute Gasteiger partial charge is 0.460 e. The number of unbranched alkanes of at least 4 members (excludes halogenated alkanes) is 1. The van der Waals surface area contributed by atoms with Gasteiger partial charge in [0.15, 0.2) is 0 Å². The van der Waals surface area contributed by atoms with Crippen LogP contribution in [0.4, 0.5) is 39.5 Å². The van der Waals surface area contributed by atoms with E-state index in [1.165, 1.54) is 12.1 Å². The van der Waals surface area contributed by atoms with Crippen LogP contribution in [0.25, 0.3) is 0 Å². The molecule has 0 aromatic heterocycles. The van der Waals surface area contributed by atoms with Crippen molar-refractivity contribution < 1.29 is 57.6 Å². The SMILES string of the molecule is Cc1ccc(S(=O)(=O)O)cc1.OCCCCC(F)(F)C(F)(F)C(F)(F)C(F)(F)F. The van der Waals surface area contributed by atoms with Gasteiger partial charge in [-0.05, 0) is 31.9 Å². The van der Waals surface area contributed by atoms with E-state index in [9.17, 15) is 47.9 Å². The second-order valence-electron chi connectivity index (χ2n) is 5.82. The van der Waals surface area contributed by atoms with Crippen molar-refractivity contribution in [1.29, 1.82) is 0 Å². The normalized spacial score (nSPS) is 13.7. The highest BCUT2D eigenvalue weighted by molar-refractivity contribution is 7.85. The fraction of sp³-hybridized carbons (Fsp3) is 0.600. The van der Waals surface area contributed by atoms with Crippen molar-refractivity contribution in [2.24, 2.45) is 0 Å². The summed E-state index contributed by atoms with van der Waals surface area (Å²) in [7, 11) is -4.02. The van der Waals surface area contributed by atoms with Crippen LogP contribution >= 0.6 is 0 Å². The molecule has 0 radical (unpaired) electrons. The number of aliphatic hydroxyl groups excluding tert-OH is 1. The van der Waals surface area contributed by atoms with Crippen LogP contribution in [-0.4, -0.2) is 48.6 Å². The average molecular weight is 464 g/mol. The highest BCUT2D eigenvalue weighted by Crippen LogP contribution is 2.54. The maximum atomic E-state index is 12.7. The summed E-state index contributed by atoms with van der Waals surface area (Å²) in [6.45, 7) is 1.17. The molecule has 0 saturated heterocycles. The third kappa shape index (κ3) is 7.03. The second-order valence-corrected chi connectivity index (χ2v) is 7.24. The summed E-state index contributed by atoms with van der Waals surface area (Å²) in [6, 6.07) is 5.99. The lowest BCUT2D eigenvalue weighted by molar-refractivity contribution is -0.396. The molecule has 0 bridgehead atoms. The van der Waals surface area contributed by atoms with Gasteiger partial charge < -0.3 is 5.11 Å². The number of hydrogen-bond donors (Lipinski definition) is 2. The molecule has 1 aromatic carbocycles.